The number of anilines is 1. The second-order valence-corrected chi connectivity index (χ2v) is 13.0. The fourth-order valence-corrected chi connectivity index (χ4v) is 7.71. The Hall–Kier alpha value is -2.04. The Balaban J connectivity index is 1.43. The van der Waals surface area contributed by atoms with E-state index in [2.05, 4.69) is 32.0 Å². The number of thioether (sulfide) groups is 1. The zero-order chi connectivity index (χ0) is 26.7. The number of hydrogen-bond acceptors (Lipinski definition) is 9. The molecule has 4 aliphatic rings. The van der Waals surface area contributed by atoms with Crippen molar-refractivity contribution in [1.29, 1.82) is 0 Å². The Morgan fingerprint density at radius 2 is 2.11 bits per heavy atom. The predicted molar refractivity (Wildman–Crippen MR) is 137 cm³/mol. The molecule has 15 heteroatoms. The first-order valence-corrected chi connectivity index (χ1v) is 14.8. The van der Waals surface area contributed by atoms with Crippen molar-refractivity contribution < 1.29 is 31.1 Å². The summed E-state index contributed by atoms with van der Waals surface area (Å²) in [7, 11) is -4.15. The number of morpholine rings is 1. The summed E-state index contributed by atoms with van der Waals surface area (Å²) >= 11 is 0.895. The van der Waals surface area contributed by atoms with Crippen molar-refractivity contribution in [3.05, 3.63) is 30.0 Å². The van der Waals surface area contributed by atoms with Crippen molar-refractivity contribution in [2.45, 2.75) is 41.2 Å². The molecule has 2 aromatic rings. The number of fused-ring (bicyclic) bond motifs is 2. The van der Waals surface area contributed by atoms with Gasteiger partial charge in [0.15, 0.2) is 5.37 Å². The van der Waals surface area contributed by atoms with E-state index in [0.717, 1.165) is 18.3 Å². The van der Waals surface area contributed by atoms with Crippen LogP contribution in [0, 0.1) is 0 Å². The molecule has 0 aliphatic carbocycles. The lowest BCUT2D eigenvalue weighted by atomic mass is 10.0. The first-order valence-electron chi connectivity index (χ1n) is 12.4. The molecule has 4 aliphatic heterocycles. The van der Waals surface area contributed by atoms with E-state index in [1.54, 1.807) is 18.3 Å². The summed E-state index contributed by atoms with van der Waals surface area (Å²) < 4.78 is 82.5. The van der Waals surface area contributed by atoms with Gasteiger partial charge >= 0.3 is 0 Å². The Morgan fingerprint density at radius 1 is 1.29 bits per heavy atom. The van der Waals surface area contributed by atoms with Crippen molar-refractivity contribution in [1.82, 2.24) is 19.4 Å². The monoisotopic (exact) mass is 574 g/mol. The molecule has 208 valence electrons. The van der Waals surface area contributed by atoms with E-state index in [1.807, 2.05) is 4.40 Å². The lowest BCUT2D eigenvalue weighted by molar-refractivity contribution is -0.0725. The zero-order valence-corrected chi connectivity index (χ0v) is 22.3. The molecule has 2 aromatic heterocycles. The van der Waals surface area contributed by atoms with Crippen molar-refractivity contribution in [3.8, 4) is 0 Å². The van der Waals surface area contributed by atoms with Crippen LogP contribution in [0.15, 0.2) is 34.4 Å². The summed E-state index contributed by atoms with van der Waals surface area (Å²) in [5.41, 5.74) is 2.18. The molecule has 6 rings (SSSR count). The highest BCUT2D eigenvalue weighted by molar-refractivity contribution is 8.15. The van der Waals surface area contributed by atoms with Crippen LogP contribution in [-0.2, 0) is 19.5 Å². The first kappa shape index (κ1) is 26.2. The second-order valence-electron chi connectivity index (χ2n) is 10.2. The zero-order valence-electron chi connectivity index (χ0n) is 20.6. The number of nitrogens with one attached hydrogen (secondary N) is 2. The van der Waals surface area contributed by atoms with E-state index in [0.29, 0.717) is 48.2 Å². The number of aromatic nitrogens is 1. The van der Waals surface area contributed by atoms with E-state index in [4.69, 9.17) is 9.47 Å². The molecule has 6 heterocycles. The molecule has 3 saturated heterocycles. The van der Waals surface area contributed by atoms with E-state index in [1.165, 1.54) is 6.07 Å². The Morgan fingerprint density at radius 3 is 2.79 bits per heavy atom. The average molecular weight is 575 g/mol. The number of nitrogens with zero attached hydrogens (tertiary/aromatic N) is 4. The topological polar surface area (TPSA) is 99.9 Å². The van der Waals surface area contributed by atoms with Crippen molar-refractivity contribution in [2.75, 3.05) is 57.6 Å². The predicted octanol–water partition coefficient (Wildman–Crippen LogP) is 1.45. The van der Waals surface area contributed by atoms with Crippen LogP contribution in [0.3, 0.4) is 0 Å². The molecule has 1 unspecified atom stereocenters. The van der Waals surface area contributed by atoms with Crippen LogP contribution in [0.5, 0.6) is 0 Å². The third-order valence-electron chi connectivity index (χ3n) is 7.47. The highest BCUT2D eigenvalue weighted by atomic mass is 32.2. The maximum atomic E-state index is 13.8. The number of rotatable bonds is 7. The number of hydrogen-bond donors (Lipinski definition) is 2. The summed E-state index contributed by atoms with van der Waals surface area (Å²) in [6.07, 6.45) is -0.831. The molecular weight excluding hydrogens is 545 g/mol. The molecule has 2 N–H and O–H groups in total. The minimum absolute atomic E-state index is 0.0448. The first-order chi connectivity index (χ1) is 18.2. The van der Waals surface area contributed by atoms with Gasteiger partial charge in [-0.15, -0.1) is 0 Å². The fourth-order valence-electron chi connectivity index (χ4n) is 5.47. The molecule has 38 heavy (non-hydrogen) atoms. The largest absolute Gasteiger partial charge is 0.378 e. The molecule has 0 saturated carbocycles. The van der Waals surface area contributed by atoms with Crippen LogP contribution < -0.4 is 15.0 Å². The summed E-state index contributed by atoms with van der Waals surface area (Å²) in [5.74, 6) is 0.632. The van der Waals surface area contributed by atoms with E-state index < -0.39 is 34.0 Å². The van der Waals surface area contributed by atoms with Gasteiger partial charge in [-0.2, -0.15) is 9.82 Å². The van der Waals surface area contributed by atoms with Gasteiger partial charge < -0.3 is 18.8 Å². The standard InChI is InChI=1S/C23H29F3N6O4S2/c1-14-8-30(9-15-10-35-5-4-31(14)15)19-7-16(38(33,34)29-23(11-24)12-36-13-23)6-18-17(2-3-32(18)19)21-27-28-22(37-21)20(25)26/h2-3,6-7,14-15,20,22,28-29H,4-5,8-13H2,1H3/t14-,15+,22?/m0/s1. The molecule has 0 aromatic carbocycles. The van der Waals surface area contributed by atoms with Gasteiger partial charge in [-0.1, -0.05) is 11.8 Å². The molecule has 10 nitrogen and oxygen atoms in total. The summed E-state index contributed by atoms with van der Waals surface area (Å²) in [6, 6.07) is 5.16. The van der Waals surface area contributed by atoms with Gasteiger partial charge in [0.1, 0.15) is 23.1 Å². The molecule has 0 bridgehead atoms. The summed E-state index contributed by atoms with van der Waals surface area (Å²) in [6.45, 7) is 4.50. The van der Waals surface area contributed by atoms with Crippen LogP contribution in [0.2, 0.25) is 0 Å². The number of piperazine rings is 1. The lowest BCUT2D eigenvalue weighted by Crippen LogP contribution is -2.63. The maximum absolute atomic E-state index is 13.8. The van der Waals surface area contributed by atoms with Crippen LogP contribution >= 0.6 is 11.8 Å². The normalized spacial score (nSPS) is 27.8. The Bertz CT molecular complexity index is 1350. The highest BCUT2D eigenvalue weighted by Gasteiger charge is 2.43. The third kappa shape index (κ3) is 4.56. The van der Waals surface area contributed by atoms with Crippen LogP contribution in [0.4, 0.5) is 19.0 Å². The van der Waals surface area contributed by atoms with Gasteiger partial charge in [-0.05, 0) is 25.1 Å². The molecule has 0 radical (unpaired) electrons. The van der Waals surface area contributed by atoms with Crippen molar-refractivity contribution in [2.24, 2.45) is 5.10 Å². The minimum Gasteiger partial charge on any atom is -0.378 e. The summed E-state index contributed by atoms with van der Waals surface area (Å²) in [4.78, 5) is 4.48. The van der Waals surface area contributed by atoms with Gasteiger partial charge in [0.25, 0.3) is 6.43 Å². The van der Waals surface area contributed by atoms with E-state index in [9.17, 15) is 21.6 Å². The van der Waals surface area contributed by atoms with Crippen LogP contribution in [0.25, 0.3) is 5.52 Å². The number of alkyl halides is 3. The smallest absolute Gasteiger partial charge is 0.269 e. The lowest BCUT2D eigenvalue weighted by Gasteiger charge is -2.48. The molecule has 0 spiro atoms. The second kappa shape index (κ2) is 9.86. The van der Waals surface area contributed by atoms with Crippen LogP contribution in [-0.4, -0.2) is 105 Å². The fraction of sp³-hybridized carbons (Fsp3) is 0.609. The third-order valence-corrected chi connectivity index (χ3v) is 10.1. The van der Waals surface area contributed by atoms with Gasteiger partial charge in [-0.3, -0.25) is 10.3 Å². The summed E-state index contributed by atoms with van der Waals surface area (Å²) in [5, 5.41) is 3.26. The SMILES string of the molecule is C[C@H]1CN(c2cc(S(=O)(=O)NC3(CF)COC3)cc3c(C4=NNC(C(F)F)S4)ccn23)C[C@@H]2COCCN21. The van der Waals surface area contributed by atoms with E-state index in [-0.39, 0.29) is 30.2 Å². The van der Waals surface area contributed by atoms with E-state index >= 15 is 0 Å². The van der Waals surface area contributed by atoms with Crippen molar-refractivity contribution in [3.63, 3.8) is 0 Å². The van der Waals surface area contributed by atoms with Crippen molar-refractivity contribution >= 4 is 38.2 Å². The Labute approximate surface area is 222 Å². The quantitative estimate of drug-likeness (QED) is 0.513. The number of halogens is 3. The van der Waals surface area contributed by atoms with Gasteiger partial charge in [0.05, 0.1) is 42.9 Å². The van der Waals surface area contributed by atoms with Gasteiger partial charge in [0, 0.05) is 37.4 Å². The Kier molecular flexibility index (Phi) is 6.79. The highest BCUT2D eigenvalue weighted by Crippen LogP contribution is 2.34. The van der Waals surface area contributed by atoms with Gasteiger partial charge in [0.2, 0.25) is 10.0 Å². The number of pyridine rings is 1. The minimum atomic E-state index is -4.15. The number of hydrazone groups is 1. The number of ether oxygens (including phenoxy) is 2. The molecular formula is C23H29F3N6O4S2. The molecule has 0 amide bonds. The average Bonchev–Trinajstić information content (AvgIpc) is 3.53. The molecule has 3 fully saturated rings. The maximum Gasteiger partial charge on any atom is 0.269 e. The molecule has 3 atom stereocenters. The van der Waals surface area contributed by atoms with Gasteiger partial charge in [-0.25, -0.2) is 21.6 Å². The van der Waals surface area contributed by atoms with Crippen LogP contribution in [0.1, 0.15) is 12.5 Å². The number of sulfonamides is 1.